The average Bonchev–Trinajstić information content (AvgIpc) is 3.27. The van der Waals surface area contributed by atoms with Gasteiger partial charge < -0.3 is 40.8 Å². The fourth-order valence-corrected chi connectivity index (χ4v) is 22.2. The minimum absolute atomic E-state index is 0.00885. The smallest absolute Gasteiger partial charge is 0.322 e. The van der Waals surface area contributed by atoms with Crippen molar-refractivity contribution in [2.75, 3.05) is 39.8 Å². The van der Waals surface area contributed by atoms with Gasteiger partial charge in [-0.15, -0.1) is 0 Å². The molecule has 3 heterocycles. The fraction of sp³-hybridized carbons (Fsp3) is 1.00. The van der Waals surface area contributed by atoms with E-state index in [1.54, 1.807) is 7.11 Å². The summed E-state index contributed by atoms with van der Waals surface area (Å²) in [6.07, 6.45) is 9.08. The average molecular weight is 683 g/mol. The van der Waals surface area contributed by atoms with Crippen molar-refractivity contribution in [2.45, 2.75) is 134 Å². The summed E-state index contributed by atoms with van der Waals surface area (Å²) in [6, 6.07) is 3.28. The highest BCUT2D eigenvalue weighted by molar-refractivity contribution is 6.84. The molecule has 0 amide bonds. The molecule has 1 saturated carbocycles. The molecule has 14 heteroatoms. The molecular weight excluding hydrogens is 621 g/mol. The van der Waals surface area contributed by atoms with Crippen molar-refractivity contribution in [3.8, 4) is 0 Å². The van der Waals surface area contributed by atoms with E-state index in [0.29, 0.717) is 12.2 Å². The highest BCUT2D eigenvalue weighted by Crippen LogP contribution is 2.41. The molecule has 3 aliphatic heterocycles. The molecule has 0 radical (unpaired) electrons. The van der Waals surface area contributed by atoms with E-state index >= 15 is 0 Å². The van der Waals surface area contributed by atoms with Crippen LogP contribution in [0.2, 0.25) is 70.5 Å². The van der Waals surface area contributed by atoms with E-state index in [1.165, 1.54) is 25.7 Å². The lowest BCUT2D eigenvalue weighted by molar-refractivity contribution is -0.0437. The molecule has 4 unspecified atom stereocenters. The highest BCUT2D eigenvalue weighted by atomic mass is 28.4. The first-order valence-corrected chi connectivity index (χ1v) is 30.4. The summed E-state index contributed by atoms with van der Waals surface area (Å²) < 4.78 is 52.3. The molecular formula is C28H62O9Si5. The second-order valence-electron chi connectivity index (χ2n) is 14.4. The van der Waals surface area contributed by atoms with Crippen LogP contribution < -0.4 is 0 Å². The van der Waals surface area contributed by atoms with Crippen LogP contribution in [0.3, 0.4) is 0 Å². The van der Waals surface area contributed by atoms with Crippen molar-refractivity contribution >= 4 is 43.3 Å². The van der Waals surface area contributed by atoms with Crippen molar-refractivity contribution in [3.05, 3.63) is 0 Å². The zero-order chi connectivity index (χ0) is 30.8. The molecule has 0 spiro atoms. The van der Waals surface area contributed by atoms with Crippen LogP contribution in [-0.2, 0) is 40.8 Å². The third kappa shape index (κ3) is 14.9. The fourth-order valence-electron chi connectivity index (χ4n) is 5.99. The van der Waals surface area contributed by atoms with Gasteiger partial charge in [0.05, 0.1) is 47.4 Å². The second-order valence-corrected chi connectivity index (χ2v) is 32.3. The van der Waals surface area contributed by atoms with Gasteiger partial charge in [0.2, 0.25) is 0 Å². The molecule has 9 nitrogen and oxygen atoms in total. The van der Waals surface area contributed by atoms with Crippen LogP contribution in [0, 0.1) is 5.92 Å². The molecule has 0 aromatic heterocycles. The second kappa shape index (κ2) is 17.6. The topological polar surface area (TPSA) is 86.4 Å². The van der Waals surface area contributed by atoms with Crippen LogP contribution in [-0.4, -0.2) is 108 Å². The number of hydrogen-bond acceptors (Lipinski definition) is 9. The standard InChI is InChI=1S/C14H30O5Si2.C14H32O4Si3/c1-20(2,11-5-13-15-7-8-16-13)19-21(3,4)12-6-14-17-9-10-18-14;1-15-20(18-21(4,5)16-11-19(2)3)9-8-12-6-7-13-14(10-12)17-13/h13-14H,5-12H2,1-4H3;12-14,19-20H,6-11H2,1-5H3. The molecule has 0 bridgehead atoms. The Kier molecular flexibility index (Phi) is 15.6. The summed E-state index contributed by atoms with van der Waals surface area (Å²) >= 11 is 0. The predicted molar refractivity (Wildman–Crippen MR) is 179 cm³/mol. The SMILES string of the molecule is CO[SiH](CCC1CCC2OC2C1)O[Si](C)(C)OC[SiH](C)C.C[Si](C)(CCC1OCCO1)O[Si](C)(C)CCC1OCCO1. The Morgan fingerprint density at radius 1 is 0.738 bits per heavy atom. The van der Waals surface area contributed by atoms with Gasteiger partial charge >= 0.3 is 17.8 Å². The first-order valence-electron chi connectivity index (χ1n) is 16.4. The summed E-state index contributed by atoms with van der Waals surface area (Å²) in [4.78, 5) is 0. The van der Waals surface area contributed by atoms with Gasteiger partial charge in [-0.1, -0.05) is 13.1 Å². The summed E-state index contributed by atoms with van der Waals surface area (Å²) in [5.41, 5.74) is 0. The van der Waals surface area contributed by atoms with E-state index in [2.05, 4.69) is 52.4 Å². The molecule has 4 aliphatic rings. The van der Waals surface area contributed by atoms with E-state index in [-0.39, 0.29) is 12.6 Å². The van der Waals surface area contributed by atoms with Crippen LogP contribution >= 0.6 is 0 Å². The molecule has 4 rings (SSSR count). The van der Waals surface area contributed by atoms with Gasteiger partial charge in [-0.2, -0.15) is 0 Å². The molecule has 248 valence electrons. The number of epoxide rings is 1. The minimum atomic E-state index is -2.00. The number of fused-ring (bicyclic) bond motifs is 1. The normalized spacial score (nSPS) is 26.3. The quantitative estimate of drug-likeness (QED) is 0.146. The van der Waals surface area contributed by atoms with Crippen molar-refractivity contribution in [1.82, 2.24) is 0 Å². The lowest BCUT2D eigenvalue weighted by Gasteiger charge is -2.34. The van der Waals surface area contributed by atoms with Crippen LogP contribution in [0.25, 0.3) is 0 Å². The Morgan fingerprint density at radius 3 is 1.76 bits per heavy atom. The first kappa shape index (κ1) is 37.2. The van der Waals surface area contributed by atoms with Gasteiger partial charge in [0.15, 0.2) is 29.2 Å². The van der Waals surface area contributed by atoms with E-state index in [1.807, 2.05) is 0 Å². The zero-order valence-corrected chi connectivity index (χ0v) is 33.4. The zero-order valence-electron chi connectivity index (χ0n) is 28.1. The van der Waals surface area contributed by atoms with Crippen LogP contribution in [0.15, 0.2) is 0 Å². The highest BCUT2D eigenvalue weighted by Gasteiger charge is 2.44. The summed E-state index contributed by atoms with van der Waals surface area (Å²) in [5.74, 6) is 0.816. The Labute approximate surface area is 262 Å². The lowest BCUT2D eigenvalue weighted by atomic mass is 9.88. The van der Waals surface area contributed by atoms with Crippen molar-refractivity contribution in [2.24, 2.45) is 5.92 Å². The molecule has 4 fully saturated rings. The maximum absolute atomic E-state index is 6.60. The van der Waals surface area contributed by atoms with Crippen molar-refractivity contribution in [1.29, 1.82) is 0 Å². The van der Waals surface area contributed by atoms with Crippen LogP contribution in [0.1, 0.15) is 38.5 Å². The maximum atomic E-state index is 6.60. The number of ether oxygens (including phenoxy) is 5. The first-order chi connectivity index (χ1) is 19.8. The Bertz CT molecular complexity index is 734. The summed E-state index contributed by atoms with van der Waals surface area (Å²) in [7, 11) is -5.76. The van der Waals surface area contributed by atoms with Crippen LogP contribution in [0.4, 0.5) is 0 Å². The van der Waals surface area contributed by atoms with E-state index in [4.69, 9.17) is 40.8 Å². The minimum Gasteiger partial charge on any atom is -0.455 e. The maximum Gasteiger partial charge on any atom is 0.322 e. The van der Waals surface area contributed by atoms with Crippen molar-refractivity contribution < 1.29 is 40.8 Å². The Balaban J connectivity index is 0.000000230. The molecule has 0 aromatic carbocycles. The predicted octanol–water partition coefficient (Wildman–Crippen LogP) is 5.51. The molecule has 0 N–H and O–H groups in total. The van der Waals surface area contributed by atoms with E-state index < -0.39 is 43.3 Å². The third-order valence-corrected chi connectivity index (χ3v) is 22.4. The van der Waals surface area contributed by atoms with E-state index in [9.17, 15) is 0 Å². The Hall–Kier alpha value is 0.724. The Morgan fingerprint density at radius 2 is 1.29 bits per heavy atom. The number of rotatable bonds is 17. The third-order valence-electron chi connectivity index (χ3n) is 8.26. The molecule has 3 saturated heterocycles. The van der Waals surface area contributed by atoms with Gasteiger partial charge in [0.25, 0.3) is 0 Å². The largest absolute Gasteiger partial charge is 0.455 e. The van der Waals surface area contributed by atoms with Crippen LogP contribution in [0.5, 0.6) is 0 Å². The van der Waals surface area contributed by atoms with E-state index in [0.717, 1.165) is 69.5 Å². The van der Waals surface area contributed by atoms with Crippen molar-refractivity contribution in [3.63, 3.8) is 0 Å². The molecule has 42 heavy (non-hydrogen) atoms. The monoisotopic (exact) mass is 682 g/mol. The molecule has 0 aromatic rings. The molecule has 1 aliphatic carbocycles. The van der Waals surface area contributed by atoms with Gasteiger partial charge in [0.1, 0.15) is 0 Å². The molecule has 4 atom stereocenters. The van der Waals surface area contributed by atoms with Gasteiger partial charge in [-0.3, -0.25) is 0 Å². The number of hydrogen-bond donors (Lipinski definition) is 0. The van der Waals surface area contributed by atoms with Gasteiger partial charge in [-0.05, 0) is 102 Å². The summed E-state index contributed by atoms with van der Waals surface area (Å²) in [5, 5.41) is 0. The summed E-state index contributed by atoms with van der Waals surface area (Å²) in [6.45, 7) is 21.1. The van der Waals surface area contributed by atoms with Gasteiger partial charge in [0, 0.05) is 13.3 Å². The lowest BCUT2D eigenvalue weighted by Crippen LogP contribution is -2.45. The van der Waals surface area contributed by atoms with Gasteiger partial charge in [-0.25, -0.2) is 0 Å².